The summed E-state index contributed by atoms with van der Waals surface area (Å²) in [5.74, 6) is -0.389. The highest BCUT2D eigenvalue weighted by atomic mass is 16.5. The second-order valence-electron chi connectivity index (χ2n) is 5.10. The Hall–Kier alpha value is -2.20. The van der Waals surface area contributed by atoms with Crippen molar-refractivity contribution in [2.75, 3.05) is 7.11 Å². The fourth-order valence-electron chi connectivity index (χ4n) is 2.26. The summed E-state index contributed by atoms with van der Waals surface area (Å²) >= 11 is 0. The van der Waals surface area contributed by atoms with E-state index in [9.17, 15) is 4.79 Å². The van der Waals surface area contributed by atoms with Crippen LogP contribution in [0.3, 0.4) is 0 Å². The smallest absolute Gasteiger partial charge is 0.322 e. The lowest BCUT2D eigenvalue weighted by molar-refractivity contribution is -0.142. The van der Waals surface area contributed by atoms with Crippen molar-refractivity contribution in [3.63, 3.8) is 0 Å². The molecule has 1 heterocycles. The highest BCUT2D eigenvalue weighted by molar-refractivity contribution is 5.75. The highest BCUT2D eigenvalue weighted by Gasteiger charge is 2.14. The molecule has 124 valence electrons. The molecule has 0 amide bonds. The van der Waals surface area contributed by atoms with Crippen LogP contribution >= 0.6 is 0 Å². The summed E-state index contributed by atoms with van der Waals surface area (Å²) in [5, 5.41) is 0. The number of carbonyl (C=O) groups excluding carboxylic acids is 1. The Morgan fingerprint density at radius 1 is 1.17 bits per heavy atom. The number of aryl methyl sites for hydroxylation is 1. The van der Waals surface area contributed by atoms with Crippen LogP contribution in [-0.2, 0) is 16.0 Å². The number of benzene rings is 1. The quantitative estimate of drug-likeness (QED) is 0.878. The van der Waals surface area contributed by atoms with Gasteiger partial charge in [0.15, 0.2) is 0 Å². The molecular weight excluding hydrogens is 288 g/mol. The van der Waals surface area contributed by atoms with Gasteiger partial charge in [-0.05, 0) is 48.6 Å². The summed E-state index contributed by atoms with van der Waals surface area (Å²) in [4.78, 5) is 15.6. The zero-order valence-corrected chi connectivity index (χ0v) is 14.6. The number of esters is 1. The lowest BCUT2D eigenvalue weighted by Gasteiger charge is -2.11. The highest BCUT2D eigenvalue weighted by Crippen LogP contribution is 2.24. The minimum Gasteiger partial charge on any atom is -0.468 e. The molecule has 1 aromatic heterocycles. The molecule has 0 bridgehead atoms. The van der Waals surface area contributed by atoms with Gasteiger partial charge in [-0.3, -0.25) is 9.78 Å². The van der Waals surface area contributed by atoms with Crippen LogP contribution in [0.1, 0.15) is 30.7 Å². The Labute approximate surface area is 138 Å². The summed E-state index contributed by atoms with van der Waals surface area (Å²) in [7, 11) is 1.35. The number of nitrogens with two attached hydrogens (primary N) is 1. The molecule has 2 rings (SSSR count). The molecule has 0 fully saturated rings. The molecule has 4 heteroatoms. The molecule has 1 aromatic carbocycles. The van der Waals surface area contributed by atoms with Gasteiger partial charge in [0.05, 0.1) is 7.11 Å². The number of carbonyl (C=O) groups is 1. The van der Waals surface area contributed by atoms with Crippen LogP contribution in [0, 0.1) is 13.8 Å². The van der Waals surface area contributed by atoms with Crippen molar-refractivity contribution >= 4 is 5.97 Å². The third-order valence-corrected chi connectivity index (χ3v) is 3.68. The SMILES string of the molecule is CC.COC(=O)[C@@H](N)Cc1ccc(-c2ccnc(C)c2C)cc1. The fraction of sp³-hybridized carbons (Fsp3) is 0.368. The first-order valence-electron chi connectivity index (χ1n) is 7.88. The van der Waals surface area contributed by atoms with Crippen molar-refractivity contribution in [3.05, 3.63) is 53.3 Å². The molecule has 0 saturated carbocycles. The van der Waals surface area contributed by atoms with E-state index in [-0.39, 0.29) is 5.97 Å². The second-order valence-corrected chi connectivity index (χ2v) is 5.10. The third kappa shape index (κ3) is 4.89. The number of ether oxygens (including phenoxy) is 1. The number of hydrogen-bond acceptors (Lipinski definition) is 4. The van der Waals surface area contributed by atoms with Gasteiger partial charge in [-0.15, -0.1) is 0 Å². The molecule has 2 N–H and O–H groups in total. The lowest BCUT2D eigenvalue weighted by Crippen LogP contribution is -2.33. The van der Waals surface area contributed by atoms with Crippen molar-refractivity contribution in [3.8, 4) is 11.1 Å². The minimum absolute atomic E-state index is 0.389. The van der Waals surface area contributed by atoms with Crippen LogP contribution in [0.15, 0.2) is 36.5 Å². The van der Waals surface area contributed by atoms with E-state index in [1.54, 1.807) is 0 Å². The minimum atomic E-state index is -0.620. The molecule has 0 radical (unpaired) electrons. The maximum absolute atomic E-state index is 11.3. The molecule has 23 heavy (non-hydrogen) atoms. The van der Waals surface area contributed by atoms with Crippen LogP contribution in [0.5, 0.6) is 0 Å². The van der Waals surface area contributed by atoms with Gasteiger partial charge in [0, 0.05) is 11.9 Å². The van der Waals surface area contributed by atoms with Gasteiger partial charge in [0.2, 0.25) is 0 Å². The first kappa shape index (κ1) is 18.8. The standard InChI is InChI=1S/C17H20N2O2.C2H6/c1-11-12(2)19-9-8-15(11)14-6-4-13(5-7-14)10-16(18)17(20)21-3;1-2/h4-9,16H,10,18H2,1-3H3;1-2H3/t16-;/m0./s1. The van der Waals surface area contributed by atoms with E-state index in [0.29, 0.717) is 6.42 Å². The van der Waals surface area contributed by atoms with E-state index in [0.717, 1.165) is 16.8 Å². The first-order chi connectivity index (χ1) is 11.0. The van der Waals surface area contributed by atoms with Gasteiger partial charge in [-0.25, -0.2) is 0 Å². The average molecular weight is 314 g/mol. The van der Waals surface area contributed by atoms with E-state index in [1.807, 2.05) is 57.3 Å². The van der Waals surface area contributed by atoms with Crippen molar-refractivity contribution in [1.82, 2.24) is 4.98 Å². The maximum Gasteiger partial charge on any atom is 0.322 e. The van der Waals surface area contributed by atoms with Gasteiger partial charge in [0.25, 0.3) is 0 Å². The summed E-state index contributed by atoms with van der Waals surface area (Å²) in [6, 6.07) is 9.46. The summed E-state index contributed by atoms with van der Waals surface area (Å²) in [6.45, 7) is 8.07. The molecular formula is C19H26N2O2. The monoisotopic (exact) mass is 314 g/mol. The zero-order chi connectivity index (χ0) is 17.4. The Bertz CT molecular complexity index is 636. The van der Waals surface area contributed by atoms with Crippen molar-refractivity contribution in [2.45, 2.75) is 40.2 Å². The Kier molecular flexibility index (Phi) is 7.42. The average Bonchev–Trinajstić information content (AvgIpc) is 2.59. The molecule has 0 saturated heterocycles. The predicted molar refractivity (Wildman–Crippen MR) is 94.2 cm³/mol. The first-order valence-corrected chi connectivity index (χ1v) is 7.88. The molecule has 0 aliphatic heterocycles. The molecule has 2 aromatic rings. The van der Waals surface area contributed by atoms with Crippen LogP contribution in [-0.4, -0.2) is 24.1 Å². The maximum atomic E-state index is 11.3. The molecule has 0 aliphatic carbocycles. The molecule has 0 unspecified atom stereocenters. The molecule has 4 nitrogen and oxygen atoms in total. The van der Waals surface area contributed by atoms with Gasteiger partial charge in [-0.2, -0.15) is 0 Å². The summed E-state index contributed by atoms with van der Waals surface area (Å²) in [5.41, 5.74) is 11.3. The molecule has 0 spiro atoms. The van der Waals surface area contributed by atoms with E-state index in [1.165, 1.54) is 18.2 Å². The van der Waals surface area contributed by atoms with Crippen LogP contribution in [0.4, 0.5) is 0 Å². The third-order valence-electron chi connectivity index (χ3n) is 3.68. The van der Waals surface area contributed by atoms with Gasteiger partial charge < -0.3 is 10.5 Å². The number of nitrogens with zero attached hydrogens (tertiary/aromatic N) is 1. The second kappa shape index (κ2) is 9.06. The Morgan fingerprint density at radius 3 is 2.35 bits per heavy atom. The van der Waals surface area contributed by atoms with Crippen molar-refractivity contribution < 1.29 is 9.53 Å². The van der Waals surface area contributed by atoms with Crippen molar-refractivity contribution in [2.24, 2.45) is 5.73 Å². The van der Waals surface area contributed by atoms with Crippen LogP contribution < -0.4 is 5.73 Å². The van der Waals surface area contributed by atoms with E-state index in [4.69, 9.17) is 5.73 Å². The van der Waals surface area contributed by atoms with E-state index in [2.05, 4.69) is 16.6 Å². The van der Waals surface area contributed by atoms with E-state index < -0.39 is 6.04 Å². The predicted octanol–water partition coefficient (Wildman–Crippen LogP) is 3.43. The number of aromatic nitrogens is 1. The Balaban J connectivity index is 0.00000127. The van der Waals surface area contributed by atoms with Crippen LogP contribution in [0.25, 0.3) is 11.1 Å². The fourth-order valence-corrected chi connectivity index (χ4v) is 2.26. The number of pyridine rings is 1. The van der Waals surface area contributed by atoms with Gasteiger partial charge in [0.1, 0.15) is 6.04 Å². The largest absolute Gasteiger partial charge is 0.468 e. The number of hydrogen-bond donors (Lipinski definition) is 1. The van der Waals surface area contributed by atoms with Gasteiger partial charge in [-0.1, -0.05) is 38.1 Å². The Morgan fingerprint density at radius 2 is 1.78 bits per heavy atom. The van der Waals surface area contributed by atoms with Crippen LogP contribution in [0.2, 0.25) is 0 Å². The summed E-state index contributed by atoms with van der Waals surface area (Å²) < 4.78 is 4.64. The summed E-state index contributed by atoms with van der Waals surface area (Å²) in [6.07, 6.45) is 2.29. The van der Waals surface area contributed by atoms with Crippen molar-refractivity contribution in [1.29, 1.82) is 0 Å². The van der Waals surface area contributed by atoms with E-state index >= 15 is 0 Å². The topological polar surface area (TPSA) is 65.2 Å². The lowest BCUT2D eigenvalue weighted by atomic mass is 9.98. The molecule has 1 atom stereocenters. The van der Waals surface area contributed by atoms with Gasteiger partial charge >= 0.3 is 5.97 Å². The zero-order valence-electron chi connectivity index (χ0n) is 14.6. The normalized spacial score (nSPS) is 11.2. The molecule has 0 aliphatic rings. The number of rotatable bonds is 4. The number of methoxy groups -OCH3 is 1.